The Labute approximate surface area is 172 Å². The molecule has 6 nitrogen and oxygen atoms in total. The lowest BCUT2D eigenvalue weighted by Crippen LogP contribution is -2.34. The topological polar surface area (TPSA) is 81.2 Å². The average molecular weight is 405 g/mol. The molecule has 0 saturated carbocycles. The number of carbonyl (C=O) groups excluding carboxylic acids is 1. The van der Waals surface area contributed by atoms with E-state index >= 15 is 0 Å². The van der Waals surface area contributed by atoms with Crippen LogP contribution in [0.2, 0.25) is 0 Å². The minimum absolute atomic E-state index is 0.120. The first-order valence-electron chi connectivity index (χ1n) is 9.15. The summed E-state index contributed by atoms with van der Waals surface area (Å²) in [5.41, 5.74) is 2.03. The summed E-state index contributed by atoms with van der Waals surface area (Å²) in [6, 6.07) is 23.0. The van der Waals surface area contributed by atoms with Gasteiger partial charge in [0.15, 0.2) is 5.76 Å². The Hall–Kier alpha value is -3.32. The number of nitrogens with zero attached hydrogens (tertiary/aromatic N) is 2. The zero-order chi connectivity index (χ0) is 20.1. The molecule has 0 fully saturated rings. The van der Waals surface area contributed by atoms with Gasteiger partial charge in [-0.15, -0.1) is 10.2 Å². The number of carbonyl (C=O) groups is 1. The molecule has 7 heteroatoms. The minimum atomic E-state index is -0.421. The lowest BCUT2D eigenvalue weighted by molar-refractivity contribution is -0.120. The lowest BCUT2D eigenvalue weighted by atomic mass is 9.98. The molecule has 0 aliphatic rings. The van der Waals surface area contributed by atoms with Crippen molar-refractivity contribution in [2.45, 2.75) is 23.4 Å². The molecule has 0 bridgehead atoms. The number of benzene rings is 2. The summed E-state index contributed by atoms with van der Waals surface area (Å²) in [6.07, 6.45) is 1.54. The molecule has 146 valence electrons. The molecular formula is C22H19N3O3S. The first-order valence-corrected chi connectivity index (χ1v) is 10.0. The van der Waals surface area contributed by atoms with Crippen LogP contribution in [0, 0.1) is 0 Å². The van der Waals surface area contributed by atoms with Crippen molar-refractivity contribution in [2.75, 3.05) is 0 Å². The Kier molecular flexibility index (Phi) is 5.76. The van der Waals surface area contributed by atoms with E-state index in [9.17, 15) is 4.79 Å². The summed E-state index contributed by atoms with van der Waals surface area (Å²) in [6.45, 7) is 1.81. The largest absolute Gasteiger partial charge is 0.459 e. The second-order valence-corrected chi connectivity index (χ2v) is 7.67. The van der Waals surface area contributed by atoms with Crippen molar-refractivity contribution < 1.29 is 13.6 Å². The molecular weight excluding hydrogens is 386 g/mol. The summed E-state index contributed by atoms with van der Waals surface area (Å²) < 4.78 is 10.8. The van der Waals surface area contributed by atoms with Crippen molar-refractivity contribution in [3.05, 3.63) is 90.2 Å². The van der Waals surface area contributed by atoms with Crippen molar-refractivity contribution in [2.24, 2.45) is 0 Å². The van der Waals surface area contributed by atoms with Crippen LogP contribution >= 0.6 is 11.8 Å². The van der Waals surface area contributed by atoms with Gasteiger partial charge in [0.25, 0.3) is 11.1 Å². The predicted octanol–water partition coefficient (Wildman–Crippen LogP) is 4.72. The smallest absolute Gasteiger partial charge is 0.284 e. The van der Waals surface area contributed by atoms with Gasteiger partial charge in [-0.25, -0.2) is 0 Å². The normalized spacial score (nSPS) is 12.1. The number of aromatic nitrogens is 2. The van der Waals surface area contributed by atoms with Crippen LogP contribution in [0.1, 0.15) is 24.1 Å². The molecule has 1 atom stereocenters. The first-order chi connectivity index (χ1) is 14.2. The van der Waals surface area contributed by atoms with E-state index in [4.69, 9.17) is 8.83 Å². The second kappa shape index (κ2) is 8.79. The predicted molar refractivity (Wildman–Crippen MR) is 110 cm³/mol. The molecule has 2 aromatic heterocycles. The van der Waals surface area contributed by atoms with Gasteiger partial charge < -0.3 is 14.2 Å². The van der Waals surface area contributed by atoms with Crippen LogP contribution < -0.4 is 5.32 Å². The van der Waals surface area contributed by atoms with E-state index in [0.717, 1.165) is 11.1 Å². The third-order valence-corrected chi connectivity index (χ3v) is 5.27. The molecule has 1 amide bonds. The highest BCUT2D eigenvalue weighted by atomic mass is 32.2. The molecule has 1 N–H and O–H groups in total. The number of rotatable bonds is 7. The quantitative estimate of drug-likeness (QED) is 0.448. The highest BCUT2D eigenvalue weighted by molar-refractivity contribution is 8.00. The molecule has 0 aliphatic heterocycles. The average Bonchev–Trinajstić information content (AvgIpc) is 3.45. The summed E-state index contributed by atoms with van der Waals surface area (Å²) >= 11 is 1.21. The van der Waals surface area contributed by atoms with Crippen LogP contribution in [0.5, 0.6) is 0 Å². The van der Waals surface area contributed by atoms with Crippen LogP contribution in [0.4, 0.5) is 0 Å². The molecule has 0 radical (unpaired) electrons. The van der Waals surface area contributed by atoms with E-state index in [0.29, 0.717) is 11.0 Å². The number of hydrogen-bond donors (Lipinski definition) is 1. The number of hydrogen-bond acceptors (Lipinski definition) is 6. The maximum atomic E-state index is 12.9. The Morgan fingerprint density at radius 3 is 2.17 bits per heavy atom. The molecule has 0 saturated heterocycles. The summed E-state index contributed by atoms with van der Waals surface area (Å²) in [5, 5.41) is 11.0. The van der Waals surface area contributed by atoms with Crippen molar-refractivity contribution in [3.8, 4) is 11.7 Å². The van der Waals surface area contributed by atoms with Gasteiger partial charge in [0.2, 0.25) is 5.91 Å². The highest BCUT2D eigenvalue weighted by Crippen LogP contribution is 2.28. The number of amides is 1. The van der Waals surface area contributed by atoms with Gasteiger partial charge >= 0.3 is 0 Å². The fourth-order valence-corrected chi connectivity index (χ4v) is 3.56. The van der Waals surface area contributed by atoms with Gasteiger partial charge in [0.1, 0.15) is 0 Å². The van der Waals surface area contributed by atoms with Crippen LogP contribution in [0.25, 0.3) is 11.7 Å². The highest BCUT2D eigenvalue weighted by Gasteiger charge is 2.23. The van der Waals surface area contributed by atoms with E-state index in [2.05, 4.69) is 15.5 Å². The monoisotopic (exact) mass is 405 g/mol. The summed E-state index contributed by atoms with van der Waals surface area (Å²) in [5.74, 6) is 0.664. The fourth-order valence-electron chi connectivity index (χ4n) is 2.87. The van der Waals surface area contributed by atoms with Crippen LogP contribution in [0.3, 0.4) is 0 Å². The Bertz CT molecular complexity index is 1010. The van der Waals surface area contributed by atoms with Gasteiger partial charge in [-0.05, 0) is 30.2 Å². The molecule has 0 aliphatic carbocycles. The zero-order valence-corrected chi connectivity index (χ0v) is 16.5. The lowest BCUT2D eigenvalue weighted by Gasteiger charge is -2.21. The van der Waals surface area contributed by atoms with Crippen LogP contribution in [0.15, 0.2) is 93.1 Å². The summed E-state index contributed by atoms with van der Waals surface area (Å²) in [4.78, 5) is 12.9. The molecule has 1 unspecified atom stereocenters. The fraction of sp³-hybridized carbons (Fsp3) is 0.136. The Balaban J connectivity index is 1.47. The summed E-state index contributed by atoms with van der Waals surface area (Å²) in [7, 11) is 0. The van der Waals surface area contributed by atoms with Crippen molar-refractivity contribution in [1.82, 2.24) is 15.5 Å². The van der Waals surface area contributed by atoms with E-state index < -0.39 is 5.25 Å². The zero-order valence-electron chi connectivity index (χ0n) is 15.7. The third kappa shape index (κ3) is 4.57. The standard InChI is InChI=1S/C22H19N3O3S/c1-15(29-22-25-24-21(28-22)18-13-8-14-27-18)20(26)23-19(16-9-4-2-5-10-16)17-11-6-3-7-12-17/h2-15,19H,1H3,(H,23,26). The Morgan fingerprint density at radius 2 is 1.59 bits per heavy atom. The molecule has 29 heavy (non-hydrogen) atoms. The van der Waals surface area contributed by atoms with E-state index in [1.165, 1.54) is 18.0 Å². The maximum absolute atomic E-state index is 12.9. The SMILES string of the molecule is CC(Sc1nnc(-c2ccco2)o1)C(=O)NC(c1ccccc1)c1ccccc1. The van der Waals surface area contributed by atoms with E-state index in [-0.39, 0.29) is 17.8 Å². The molecule has 4 rings (SSSR count). The van der Waals surface area contributed by atoms with E-state index in [1.807, 2.05) is 67.6 Å². The van der Waals surface area contributed by atoms with Crippen molar-refractivity contribution in [3.63, 3.8) is 0 Å². The number of nitrogens with one attached hydrogen (secondary N) is 1. The van der Waals surface area contributed by atoms with Crippen LogP contribution in [-0.2, 0) is 4.79 Å². The van der Waals surface area contributed by atoms with Gasteiger partial charge in [-0.2, -0.15) is 0 Å². The molecule has 0 spiro atoms. The second-order valence-electron chi connectivity index (χ2n) is 6.37. The molecule has 2 aromatic carbocycles. The number of furan rings is 1. The van der Waals surface area contributed by atoms with Gasteiger partial charge in [0.05, 0.1) is 17.6 Å². The van der Waals surface area contributed by atoms with Gasteiger partial charge in [-0.3, -0.25) is 4.79 Å². The third-order valence-electron chi connectivity index (χ3n) is 4.34. The van der Waals surface area contributed by atoms with Crippen molar-refractivity contribution >= 4 is 17.7 Å². The van der Waals surface area contributed by atoms with E-state index in [1.54, 1.807) is 12.1 Å². The van der Waals surface area contributed by atoms with Gasteiger partial charge in [0, 0.05) is 0 Å². The Morgan fingerprint density at radius 1 is 0.931 bits per heavy atom. The molecule has 2 heterocycles. The van der Waals surface area contributed by atoms with Gasteiger partial charge in [-0.1, -0.05) is 72.4 Å². The molecule has 4 aromatic rings. The maximum Gasteiger partial charge on any atom is 0.284 e. The number of thioether (sulfide) groups is 1. The van der Waals surface area contributed by atoms with Crippen LogP contribution in [-0.4, -0.2) is 21.4 Å². The first kappa shape index (κ1) is 19.0. The van der Waals surface area contributed by atoms with Crippen molar-refractivity contribution in [1.29, 1.82) is 0 Å². The minimum Gasteiger partial charge on any atom is -0.459 e.